The topological polar surface area (TPSA) is 55.9 Å². The van der Waals surface area contributed by atoms with Crippen LogP contribution in [0.25, 0.3) is 0 Å². The van der Waals surface area contributed by atoms with Gasteiger partial charge in [-0.1, -0.05) is 11.6 Å². The molecule has 0 aliphatic carbocycles. The molecule has 0 spiro atoms. The van der Waals surface area contributed by atoms with Gasteiger partial charge >= 0.3 is 0 Å². The van der Waals surface area contributed by atoms with Crippen LogP contribution in [0.5, 0.6) is 0 Å². The Kier molecular flexibility index (Phi) is 5.91. The minimum Gasteiger partial charge on any atom is -0.271 e. The summed E-state index contributed by atoms with van der Waals surface area (Å²) in [6.07, 6.45) is 0. The molecule has 1 aromatic rings. The number of nitrogens with two attached hydrogens (primary N) is 1. The van der Waals surface area contributed by atoms with Crippen LogP contribution in [0.1, 0.15) is 12.5 Å². The summed E-state index contributed by atoms with van der Waals surface area (Å²) >= 11 is 9.23. The lowest BCUT2D eigenvalue weighted by Gasteiger charge is -1.98. The molecule has 1 rings (SSSR count). The average Bonchev–Trinajstić information content (AvgIpc) is 2.32. The van der Waals surface area contributed by atoms with Crippen LogP contribution < -0.4 is 11.3 Å². The Bertz CT molecular complexity index is 276. The highest BCUT2D eigenvalue weighted by Crippen LogP contribution is 2.23. The Hall–Kier alpha value is 0.190. The maximum atomic E-state index is 5.85. The van der Waals surface area contributed by atoms with Gasteiger partial charge in [-0.15, -0.1) is 12.4 Å². The number of hydrogen-bond donors (Lipinski definition) is 2. The van der Waals surface area contributed by atoms with Crippen molar-refractivity contribution in [2.24, 2.45) is 5.84 Å². The molecule has 0 amide bonds. The molecule has 0 radical (unpaired) electrons. The van der Waals surface area contributed by atoms with Gasteiger partial charge in [0.05, 0.1) is 0 Å². The van der Waals surface area contributed by atoms with Crippen molar-refractivity contribution in [3.63, 3.8) is 0 Å². The van der Waals surface area contributed by atoms with Crippen LogP contribution in [-0.4, -0.2) is 9.78 Å². The van der Waals surface area contributed by atoms with E-state index in [2.05, 4.69) is 26.5 Å². The molecule has 0 saturated heterocycles. The first-order chi connectivity index (χ1) is 5.70. The SMILES string of the molecule is CCn1nc(Cl)c(CNN)c1Br.Cl. The Morgan fingerprint density at radius 3 is 2.69 bits per heavy atom. The van der Waals surface area contributed by atoms with Crippen molar-refractivity contribution in [2.75, 3.05) is 0 Å². The van der Waals surface area contributed by atoms with E-state index < -0.39 is 0 Å². The number of nitrogens with zero attached hydrogens (tertiary/aromatic N) is 2. The van der Waals surface area contributed by atoms with Crippen molar-refractivity contribution in [1.29, 1.82) is 0 Å². The Balaban J connectivity index is 0.00000144. The fraction of sp³-hybridized carbons (Fsp3) is 0.500. The number of aromatic nitrogens is 2. The Morgan fingerprint density at radius 2 is 2.31 bits per heavy atom. The summed E-state index contributed by atoms with van der Waals surface area (Å²) in [6.45, 7) is 3.29. The highest BCUT2D eigenvalue weighted by molar-refractivity contribution is 9.10. The van der Waals surface area contributed by atoms with Gasteiger partial charge in [0, 0.05) is 18.7 Å². The van der Waals surface area contributed by atoms with Crippen LogP contribution >= 0.6 is 39.9 Å². The first-order valence-corrected chi connectivity index (χ1v) is 4.72. The van der Waals surface area contributed by atoms with Crippen LogP contribution in [0.3, 0.4) is 0 Å². The minimum absolute atomic E-state index is 0. The van der Waals surface area contributed by atoms with Crippen molar-refractivity contribution >= 4 is 39.9 Å². The van der Waals surface area contributed by atoms with E-state index in [1.54, 1.807) is 4.68 Å². The van der Waals surface area contributed by atoms with Crippen molar-refractivity contribution in [1.82, 2.24) is 15.2 Å². The van der Waals surface area contributed by atoms with Crippen LogP contribution in [0, 0.1) is 0 Å². The predicted octanol–water partition coefficient (Wildman–Crippen LogP) is 1.70. The normalized spacial score (nSPS) is 9.85. The second-order valence-electron chi connectivity index (χ2n) is 2.26. The van der Waals surface area contributed by atoms with E-state index in [4.69, 9.17) is 17.4 Å². The third-order valence-corrected chi connectivity index (χ3v) is 2.70. The summed E-state index contributed by atoms with van der Waals surface area (Å²) in [4.78, 5) is 0. The van der Waals surface area contributed by atoms with E-state index in [0.29, 0.717) is 11.7 Å². The lowest BCUT2D eigenvalue weighted by atomic mass is 10.4. The van der Waals surface area contributed by atoms with Crippen LogP contribution in [0.2, 0.25) is 5.15 Å². The van der Waals surface area contributed by atoms with Crippen LogP contribution in [0.15, 0.2) is 4.60 Å². The van der Waals surface area contributed by atoms with E-state index in [-0.39, 0.29) is 12.4 Å². The zero-order chi connectivity index (χ0) is 9.14. The number of rotatable bonds is 3. The Morgan fingerprint density at radius 1 is 1.69 bits per heavy atom. The molecule has 3 N–H and O–H groups in total. The monoisotopic (exact) mass is 288 g/mol. The zero-order valence-electron chi connectivity index (χ0n) is 7.05. The summed E-state index contributed by atoms with van der Waals surface area (Å²) in [5.74, 6) is 5.18. The van der Waals surface area contributed by atoms with Crippen LogP contribution in [-0.2, 0) is 13.1 Å². The van der Waals surface area contributed by atoms with Crippen molar-refractivity contribution in [2.45, 2.75) is 20.0 Å². The average molecular weight is 290 g/mol. The molecule has 0 atom stereocenters. The molecule has 0 unspecified atom stereocenters. The summed E-state index contributed by atoms with van der Waals surface area (Å²) in [5.41, 5.74) is 3.43. The molecule has 0 bridgehead atoms. The van der Waals surface area contributed by atoms with Crippen molar-refractivity contribution < 1.29 is 0 Å². The lowest BCUT2D eigenvalue weighted by molar-refractivity contribution is 0.642. The smallest absolute Gasteiger partial charge is 0.156 e. The largest absolute Gasteiger partial charge is 0.271 e. The number of halogens is 3. The second kappa shape index (κ2) is 5.82. The van der Waals surface area contributed by atoms with E-state index in [0.717, 1.165) is 16.7 Å². The van der Waals surface area contributed by atoms with E-state index >= 15 is 0 Å². The summed E-state index contributed by atoms with van der Waals surface area (Å²) < 4.78 is 2.66. The molecule has 0 aromatic carbocycles. The quantitative estimate of drug-likeness (QED) is 0.658. The molecule has 4 nitrogen and oxygen atoms in total. The second-order valence-corrected chi connectivity index (χ2v) is 3.37. The number of nitrogens with one attached hydrogen (secondary N) is 1. The molecular formula is C6H11BrCl2N4. The van der Waals surface area contributed by atoms with E-state index in [1.807, 2.05) is 6.92 Å². The van der Waals surface area contributed by atoms with Gasteiger partial charge in [-0.25, -0.2) is 0 Å². The molecular weight excluding hydrogens is 279 g/mol. The molecule has 0 saturated carbocycles. The van der Waals surface area contributed by atoms with Gasteiger partial charge in [0.25, 0.3) is 0 Å². The highest BCUT2D eigenvalue weighted by atomic mass is 79.9. The van der Waals surface area contributed by atoms with Gasteiger partial charge in [0.1, 0.15) is 4.60 Å². The predicted molar refractivity (Wildman–Crippen MR) is 58.9 cm³/mol. The van der Waals surface area contributed by atoms with Crippen LogP contribution in [0.4, 0.5) is 0 Å². The molecule has 0 fully saturated rings. The highest BCUT2D eigenvalue weighted by Gasteiger charge is 2.11. The molecule has 0 aliphatic rings. The van der Waals surface area contributed by atoms with Gasteiger partial charge in [0.15, 0.2) is 5.15 Å². The molecule has 76 valence electrons. The lowest BCUT2D eigenvalue weighted by Crippen LogP contribution is -2.21. The van der Waals surface area contributed by atoms with Gasteiger partial charge in [0.2, 0.25) is 0 Å². The molecule has 1 aromatic heterocycles. The first-order valence-electron chi connectivity index (χ1n) is 3.54. The van der Waals surface area contributed by atoms with Gasteiger partial charge in [-0.2, -0.15) is 5.10 Å². The zero-order valence-corrected chi connectivity index (χ0v) is 10.2. The molecule has 0 aliphatic heterocycles. The van der Waals surface area contributed by atoms with Crippen molar-refractivity contribution in [3.05, 3.63) is 15.3 Å². The van der Waals surface area contributed by atoms with Crippen molar-refractivity contribution in [3.8, 4) is 0 Å². The minimum atomic E-state index is 0. The fourth-order valence-corrected chi connectivity index (χ4v) is 1.93. The molecule has 7 heteroatoms. The molecule has 13 heavy (non-hydrogen) atoms. The number of hydrazine groups is 1. The summed E-state index contributed by atoms with van der Waals surface area (Å²) in [6, 6.07) is 0. The maximum Gasteiger partial charge on any atom is 0.156 e. The van der Waals surface area contributed by atoms with Gasteiger partial charge in [-0.05, 0) is 22.9 Å². The fourth-order valence-electron chi connectivity index (χ4n) is 0.909. The summed E-state index contributed by atoms with van der Waals surface area (Å²) in [5, 5.41) is 4.57. The van der Waals surface area contributed by atoms with E-state index in [1.165, 1.54) is 0 Å². The standard InChI is InChI=1S/C6H10BrClN4.ClH/c1-2-12-5(7)4(3-10-9)6(8)11-12;/h10H,2-3,9H2,1H3;1H. The molecule has 1 heterocycles. The third-order valence-electron chi connectivity index (χ3n) is 1.51. The van der Waals surface area contributed by atoms with Gasteiger partial charge < -0.3 is 0 Å². The first kappa shape index (κ1) is 13.2. The number of hydrogen-bond acceptors (Lipinski definition) is 3. The van der Waals surface area contributed by atoms with Gasteiger partial charge in [-0.3, -0.25) is 16.0 Å². The summed E-state index contributed by atoms with van der Waals surface area (Å²) in [7, 11) is 0. The number of aryl methyl sites for hydroxylation is 1. The maximum absolute atomic E-state index is 5.85. The third kappa shape index (κ3) is 2.82. The Labute approximate surface area is 96.3 Å². The van der Waals surface area contributed by atoms with E-state index in [9.17, 15) is 0 Å².